The average Bonchev–Trinajstić information content (AvgIpc) is 3.71. The molecule has 2 aliphatic rings. The lowest BCUT2D eigenvalue weighted by Gasteiger charge is -2.33. The smallest absolute Gasteiger partial charge is 0.247 e. The molecule has 0 aliphatic carbocycles. The van der Waals surface area contributed by atoms with Crippen molar-refractivity contribution in [2.45, 2.75) is 31.3 Å². The Hall–Kier alpha value is -4.31. The summed E-state index contributed by atoms with van der Waals surface area (Å²) in [6.07, 6.45) is 8.64. The Balaban J connectivity index is 1.21. The second kappa shape index (κ2) is 8.38. The van der Waals surface area contributed by atoms with Crippen molar-refractivity contribution in [1.82, 2.24) is 40.1 Å². The van der Waals surface area contributed by atoms with Gasteiger partial charge in [-0.1, -0.05) is 23.7 Å². The Morgan fingerprint density at radius 3 is 2.92 bits per heavy atom. The summed E-state index contributed by atoms with van der Waals surface area (Å²) in [5.41, 5.74) is 4.22. The molecule has 5 heterocycles. The minimum atomic E-state index is -0.591. The molecule has 0 spiro atoms. The SMILES string of the molecule is O=C1C=C(c2c(-n3cnnn3)ccc(Cl)c2F)C[C@H]2CC[C@@H](c3ncc(-c4ccc5cc[nH]c5c4)[nH]3)N12. The van der Waals surface area contributed by atoms with Gasteiger partial charge in [-0.15, -0.1) is 5.10 Å². The van der Waals surface area contributed by atoms with E-state index < -0.39 is 5.82 Å². The summed E-state index contributed by atoms with van der Waals surface area (Å²) in [4.78, 5) is 26.6. The molecule has 3 aromatic heterocycles. The summed E-state index contributed by atoms with van der Waals surface area (Å²) < 4.78 is 16.7. The third-order valence-electron chi connectivity index (χ3n) is 7.28. The molecule has 9 nitrogen and oxygen atoms in total. The number of halogens is 2. The molecule has 2 aromatic carbocycles. The molecule has 1 saturated heterocycles. The van der Waals surface area contributed by atoms with Crippen molar-refractivity contribution < 1.29 is 9.18 Å². The number of imidazole rings is 1. The summed E-state index contributed by atoms with van der Waals surface area (Å²) in [7, 11) is 0. The zero-order chi connectivity index (χ0) is 25.1. The number of fused-ring (bicyclic) bond motifs is 2. The quantitative estimate of drug-likeness (QED) is 0.356. The summed E-state index contributed by atoms with van der Waals surface area (Å²) in [6, 6.07) is 11.1. The van der Waals surface area contributed by atoms with Gasteiger partial charge in [0.25, 0.3) is 0 Å². The van der Waals surface area contributed by atoms with Crippen molar-refractivity contribution in [3.8, 4) is 16.9 Å². The van der Waals surface area contributed by atoms with Gasteiger partial charge in [0.2, 0.25) is 5.91 Å². The Bertz CT molecular complexity index is 1690. The second-order valence-corrected chi connectivity index (χ2v) is 9.75. The minimum absolute atomic E-state index is 0.0208. The molecular formula is C26H20ClFN8O. The van der Waals surface area contributed by atoms with E-state index in [0.29, 0.717) is 17.7 Å². The molecule has 2 N–H and O–H groups in total. The molecule has 2 aliphatic heterocycles. The van der Waals surface area contributed by atoms with Crippen LogP contribution in [0, 0.1) is 5.82 Å². The van der Waals surface area contributed by atoms with Crippen LogP contribution in [0.3, 0.4) is 0 Å². The third-order valence-corrected chi connectivity index (χ3v) is 7.57. The number of hydrogen-bond acceptors (Lipinski definition) is 5. The van der Waals surface area contributed by atoms with Gasteiger partial charge in [0.1, 0.15) is 12.2 Å². The van der Waals surface area contributed by atoms with Gasteiger partial charge in [-0.05, 0) is 64.9 Å². The van der Waals surface area contributed by atoms with E-state index in [4.69, 9.17) is 11.6 Å². The average molecular weight is 515 g/mol. The topological polar surface area (TPSA) is 108 Å². The van der Waals surface area contributed by atoms with Crippen LogP contribution in [0.15, 0.2) is 61.2 Å². The van der Waals surface area contributed by atoms with Gasteiger partial charge < -0.3 is 14.9 Å². The molecule has 1 amide bonds. The van der Waals surface area contributed by atoms with Gasteiger partial charge in [0.15, 0.2) is 5.82 Å². The van der Waals surface area contributed by atoms with E-state index in [1.165, 1.54) is 23.2 Å². The fraction of sp³-hybridized carbons (Fsp3) is 0.192. The maximum absolute atomic E-state index is 15.3. The molecule has 184 valence electrons. The number of nitrogens with zero attached hydrogens (tertiary/aromatic N) is 6. The Labute approximate surface area is 215 Å². The fourth-order valence-corrected chi connectivity index (χ4v) is 5.73. The summed E-state index contributed by atoms with van der Waals surface area (Å²) in [6.45, 7) is 0. The van der Waals surface area contributed by atoms with E-state index in [2.05, 4.69) is 42.6 Å². The number of nitrogens with one attached hydrogen (secondary N) is 2. The number of rotatable bonds is 4. The summed E-state index contributed by atoms with van der Waals surface area (Å²) >= 11 is 6.12. The van der Waals surface area contributed by atoms with Gasteiger partial charge >= 0.3 is 0 Å². The molecular weight excluding hydrogens is 495 g/mol. The highest BCUT2D eigenvalue weighted by atomic mass is 35.5. The van der Waals surface area contributed by atoms with Crippen molar-refractivity contribution in [3.05, 3.63) is 83.4 Å². The molecule has 0 unspecified atom stereocenters. The van der Waals surface area contributed by atoms with Crippen LogP contribution in [0.4, 0.5) is 4.39 Å². The highest BCUT2D eigenvalue weighted by Gasteiger charge is 2.42. The zero-order valence-corrected chi connectivity index (χ0v) is 20.2. The maximum atomic E-state index is 15.3. The van der Waals surface area contributed by atoms with Crippen LogP contribution in [0.5, 0.6) is 0 Å². The Kier molecular flexibility index (Phi) is 4.97. The lowest BCUT2D eigenvalue weighted by atomic mass is 9.92. The van der Waals surface area contributed by atoms with E-state index >= 15 is 4.39 Å². The predicted octanol–water partition coefficient (Wildman–Crippen LogP) is 4.85. The largest absolute Gasteiger partial charge is 0.361 e. The number of aromatic nitrogens is 7. The first-order valence-electron chi connectivity index (χ1n) is 11.9. The first-order valence-corrected chi connectivity index (χ1v) is 12.3. The molecule has 0 radical (unpaired) electrons. The van der Waals surface area contributed by atoms with Crippen molar-refractivity contribution in [1.29, 1.82) is 0 Å². The molecule has 11 heteroatoms. The monoisotopic (exact) mass is 514 g/mol. The van der Waals surface area contributed by atoms with Crippen LogP contribution >= 0.6 is 11.6 Å². The second-order valence-electron chi connectivity index (χ2n) is 9.34. The molecule has 37 heavy (non-hydrogen) atoms. The first kappa shape index (κ1) is 21.9. The van der Waals surface area contributed by atoms with Crippen LogP contribution < -0.4 is 0 Å². The van der Waals surface area contributed by atoms with Crippen LogP contribution in [0.2, 0.25) is 5.02 Å². The highest BCUT2D eigenvalue weighted by Crippen LogP contribution is 2.44. The Morgan fingerprint density at radius 2 is 2.05 bits per heavy atom. The number of hydrogen-bond donors (Lipinski definition) is 2. The van der Waals surface area contributed by atoms with Gasteiger partial charge in [-0.3, -0.25) is 4.79 Å². The highest BCUT2D eigenvalue weighted by molar-refractivity contribution is 6.31. The maximum Gasteiger partial charge on any atom is 0.247 e. The fourth-order valence-electron chi connectivity index (χ4n) is 5.57. The van der Waals surface area contributed by atoms with E-state index in [9.17, 15) is 4.79 Å². The van der Waals surface area contributed by atoms with Gasteiger partial charge in [0.05, 0.1) is 28.6 Å². The zero-order valence-electron chi connectivity index (χ0n) is 19.4. The number of benzene rings is 2. The summed E-state index contributed by atoms with van der Waals surface area (Å²) in [5.74, 6) is -0.0226. The van der Waals surface area contributed by atoms with Gasteiger partial charge in [0, 0.05) is 35.0 Å². The number of amides is 1. The standard InChI is InChI=1S/C26H20ClFN8O/c27-18-4-6-21(35-13-31-33-34-35)24(25(18)28)16-9-17-3-5-22(36(17)23(37)11-16)26-30-12-20(32-26)15-2-1-14-7-8-29-19(14)10-15/h1-2,4,6-8,10-13,17,22,29H,3,5,9H2,(H,30,32)/t17-,22+/m1/s1. The van der Waals surface area contributed by atoms with E-state index in [-0.39, 0.29) is 28.6 Å². The van der Waals surface area contributed by atoms with Gasteiger partial charge in [-0.25, -0.2) is 9.37 Å². The van der Waals surface area contributed by atoms with E-state index in [0.717, 1.165) is 40.8 Å². The number of carbonyl (C=O) groups is 1. The van der Waals surface area contributed by atoms with Crippen LogP contribution in [-0.4, -0.2) is 52.0 Å². The predicted molar refractivity (Wildman–Crippen MR) is 135 cm³/mol. The number of H-pyrrole nitrogens is 2. The number of aromatic amines is 2. The lowest BCUT2D eigenvalue weighted by molar-refractivity contribution is -0.129. The molecule has 1 fully saturated rings. The molecule has 5 aromatic rings. The number of carbonyl (C=O) groups excluding carboxylic acids is 1. The van der Waals surface area contributed by atoms with Crippen LogP contribution in [0.25, 0.3) is 33.4 Å². The van der Waals surface area contributed by atoms with E-state index in [1.807, 2.05) is 29.4 Å². The minimum Gasteiger partial charge on any atom is -0.361 e. The molecule has 0 saturated carbocycles. The Morgan fingerprint density at radius 1 is 1.14 bits per heavy atom. The van der Waals surface area contributed by atoms with Crippen molar-refractivity contribution in [2.75, 3.05) is 0 Å². The van der Waals surface area contributed by atoms with Crippen molar-refractivity contribution in [3.63, 3.8) is 0 Å². The third kappa shape index (κ3) is 3.55. The molecule has 2 atom stereocenters. The van der Waals surface area contributed by atoms with Crippen molar-refractivity contribution >= 4 is 34.0 Å². The van der Waals surface area contributed by atoms with Gasteiger partial charge in [-0.2, -0.15) is 4.68 Å². The van der Waals surface area contributed by atoms with E-state index in [1.54, 1.807) is 6.07 Å². The summed E-state index contributed by atoms with van der Waals surface area (Å²) in [5, 5.41) is 12.3. The van der Waals surface area contributed by atoms with Crippen molar-refractivity contribution in [2.24, 2.45) is 0 Å². The molecule has 0 bridgehead atoms. The first-order chi connectivity index (χ1) is 18.1. The molecule has 7 rings (SSSR count). The lowest BCUT2D eigenvalue weighted by Crippen LogP contribution is -2.39. The number of tetrazole rings is 1. The normalized spacial score (nSPS) is 19.5. The van der Waals surface area contributed by atoms with Crippen LogP contribution in [-0.2, 0) is 4.79 Å². The van der Waals surface area contributed by atoms with Crippen LogP contribution in [0.1, 0.15) is 36.7 Å².